The Morgan fingerprint density at radius 2 is 1.62 bits per heavy atom. The Balaban J connectivity index is 2.50. The van der Waals surface area contributed by atoms with E-state index in [1.165, 1.54) is 36.8 Å². The van der Waals surface area contributed by atoms with Gasteiger partial charge in [0.1, 0.15) is 0 Å². The molecule has 0 nitrogen and oxygen atoms in total. The first-order valence-electron chi connectivity index (χ1n) is 6.57. The lowest BCUT2D eigenvalue weighted by atomic mass is 9.98. The Morgan fingerprint density at radius 1 is 1.00 bits per heavy atom. The molecule has 0 heterocycles. The summed E-state index contributed by atoms with van der Waals surface area (Å²) in [6.07, 6.45) is 4.94. The van der Waals surface area contributed by atoms with Crippen molar-refractivity contribution in [2.45, 2.75) is 53.4 Å². The lowest BCUT2D eigenvalue weighted by Gasteiger charge is -2.08. The van der Waals surface area contributed by atoms with Gasteiger partial charge in [-0.2, -0.15) is 0 Å². The number of hydrogen-bond acceptors (Lipinski definition) is 0. The lowest BCUT2D eigenvalue weighted by Crippen LogP contribution is -1.96. The molecule has 0 atom stereocenters. The standard InChI is InChI=1S/C16H25/c1-13(2)8-10-15-6-5-7-16(12-15)11-9-14(3)4/h5-6,12-14H,8-11H2,1-4H3. The van der Waals surface area contributed by atoms with Crippen LogP contribution in [-0.2, 0) is 12.8 Å². The monoisotopic (exact) mass is 217 g/mol. The number of hydrogen-bond donors (Lipinski definition) is 0. The van der Waals surface area contributed by atoms with Gasteiger partial charge in [-0.15, -0.1) is 0 Å². The van der Waals surface area contributed by atoms with Gasteiger partial charge in [0.2, 0.25) is 0 Å². The fraction of sp³-hybridized carbons (Fsp3) is 0.625. The fourth-order valence-electron chi connectivity index (χ4n) is 1.77. The predicted molar refractivity (Wildman–Crippen MR) is 71.6 cm³/mol. The quantitative estimate of drug-likeness (QED) is 0.650. The van der Waals surface area contributed by atoms with Crippen molar-refractivity contribution in [3.05, 3.63) is 35.4 Å². The molecule has 0 bridgehead atoms. The summed E-state index contributed by atoms with van der Waals surface area (Å²) in [6.45, 7) is 9.13. The zero-order chi connectivity index (χ0) is 12.0. The zero-order valence-corrected chi connectivity index (χ0v) is 11.2. The summed E-state index contributed by atoms with van der Waals surface area (Å²) < 4.78 is 0. The summed E-state index contributed by atoms with van der Waals surface area (Å²) >= 11 is 0. The van der Waals surface area contributed by atoms with Gasteiger partial charge in [-0.3, -0.25) is 0 Å². The van der Waals surface area contributed by atoms with Crippen LogP contribution in [0.15, 0.2) is 18.2 Å². The highest BCUT2D eigenvalue weighted by Crippen LogP contribution is 2.13. The molecule has 1 aromatic carbocycles. The molecule has 1 rings (SSSR count). The van der Waals surface area contributed by atoms with Gasteiger partial charge in [0, 0.05) is 0 Å². The molecule has 0 N–H and O–H groups in total. The van der Waals surface area contributed by atoms with E-state index in [0.29, 0.717) is 0 Å². The van der Waals surface area contributed by atoms with Crippen LogP contribution in [-0.4, -0.2) is 0 Å². The summed E-state index contributed by atoms with van der Waals surface area (Å²) in [4.78, 5) is 0. The Kier molecular flexibility index (Phi) is 5.59. The van der Waals surface area contributed by atoms with E-state index in [1.807, 2.05) is 0 Å². The molecule has 0 aliphatic heterocycles. The van der Waals surface area contributed by atoms with Crippen molar-refractivity contribution in [3.8, 4) is 0 Å². The average molecular weight is 217 g/mol. The zero-order valence-electron chi connectivity index (χ0n) is 11.2. The number of aryl methyl sites for hydroxylation is 2. The Morgan fingerprint density at radius 3 is 2.25 bits per heavy atom. The maximum Gasteiger partial charge on any atom is -0.0149 e. The van der Waals surface area contributed by atoms with E-state index < -0.39 is 0 Å². The van der Waals surface area contributed by atoms with Crippen LogP contribution >= 0.6 is 0 Å². The first-order chi connectivity index (χ1) is 7.58. The number of rotatable bonds is 6. The lowest BCUT2D eigenvalue weighted by molar-refractivity contribution is 0.581. The third-order valence-corrected chi connectivity index (χ3v) is 2.93. The molecule has 0 spiro atoms. The summed E-state index contributed by atoms with van der Waals surface area (Å²) in [6, 6.07) is 9.99. The van der Waals surface area contributed by atoms with Gasteiger partial charge >= 0.3 is 0 Å². The van der Waals surface area contributed by atoms with Crippen LogP contribution in [0.25, 0.3) is 0 Å². The molecule has 1 aromatic rings. The normalized spacial score (nSPS) is 11.4. The van der Waals surface area contributed by atoms with E-state index in [-0.39, 0.29) is 0 Å². The fourth-order valence-corrected chi connectivity index (χ4v) is 1.77. The summed E-state index contributed by atoms with van der Waals surface area (Å²) in [5.74, 6) is 1.58. The van der Waals surface area contributed by atoms with E-state index in [4.69, 9.17) is 0 Å². The molecular weight excluding hydrogens is 192 g/mol. The van der Waals surface area contributed by atoms with Crippen molar-refractivity contribution < 1.29 is 0 Å². The summed E-state index contributed by atoms with van der Waals surface area (Å²) in [7, 11) is 0. The Bertz CT molecular complexity index is 269. The molecule has 0 aromatic heterocycles. The van der Waals surface area contributed by atoms with Crippen LogP contribution < -0.4 is 0 Å². The minimum atomic E-state index is 0.785. The molecule has 0 unspecified atom stereocenters. The second kappa shape index (κ2) is 6.73. The van der Waals surface area contributed by atoms with Crippen molar-refractivity contribution in [1.82, 2.24) is 0 Å². The smallest absolute Gasteiger partial charge is 0.0149 e. The van der Waals surface area contributed by atoms with Gasteiger partial charge in [-0.25, -0.2) is 0 Å². The minimum absolute atomic E-state index is 0.785. The summed E-state index contributed by atoms with van der Waals surface area (Å²) in [5, 5.41) is 0. The third-order valence-electron chi connectivity index (χ3n) is 2.93. The Hall–Kier alpha value is -0.780. The number of benzene rings is 1. The molecule has 0 saturated carbocycles. The van der Waals surface area contributed by atoms with E-state index in [0.717, 1.165) is 11.8 Å². The van der Waals surface area contributed by atoms with Crippen LogP contribution in [0.3, 0.4) is 0 Å². The second-order valence-electron chi connectivity index (χ2n) is 5.59. The van der Waals surface area contributed by atoms with E-state index in [9.17, 15) is 0 Å². The van der Waals surface area contributed by atoms with Crippen molar-refractivity contribution in [1.29, 1.82) is 0 Å². The second-order valence-corrected chi connectivity index (χ2v) is 5.59. The molecular formula is C16H25. The largest absolute Gasteiger partial charge is 0.0628 e. The van der Waals surface area contributed by atoms with E-state index >= 15 is 0 Å². The maximum absolute atomic E-state index is 3.35. The van der Waals surface area contributed by atoms with Crippen LogP contribution in [0.4, 0.5) is 0 Å². The van der Waals surface area contributed by atoms with Gasteiger partial charge in [-0.1, -0.05) is 45.9 Å². The molecule has 1 radical (unpaired) electrons. The molecule has 0 amide bonds. The third kappa shape index (κ3) is 5.34. The van der Waals surface area contributed by atoms with Gasteiger partial charge in [0.15, 0.2) is 0 Å². The highest BCUT2D eigenvalue weighted by atomic mass is 14.1. The van der Waals surface area contributed by atoms with Gasteiger partial charge in [0.25, 0.3) is 0 Å². The van der Waals surface area contributed by atoms with E-state index in [1.54, 1.807) is 0 Å². The molecule has 0 heteroatoms. The highest BCUT2D eigenvalue weighted by Gasteiger charge is 2.00. The van der Waals surface area contributed by atoms with Gasteiger partial charge in [-0.05, 0) is 54.7 Å². The Labute approximate surface area is 101 Å². The van der Waals surface area contributed by atoms with Crippen LogP contribution in [0.2, 0.25) is 0 Å². The van der Waals surface area contributed by atoms with Crippen molar-refractivity contribution in [2.24, 2.45) is 11.8 Å². The first kappa shape index (κ1) is 13.3. The molecule has 16 heavy (non-hydrogen) atoms. The molecule has 0 aliphatic carbocycles. The minimum Gasteiger partial charge on any atom is -0.0628 e. The first-order valence-corrected chi connectivity index (χ1v) is 6.57. The molecule has 0 aliphatic rings. The van der Waals surface area contributed by atoms with Gasteiger partial charge < -0.3 is 0 Å². The van der Waals surface area contributed by atoms with Crippen molar-refractivity contribution >= 4 is 0 Å². The maximum atomic E-state index is 3.35. The summed E-state index contributed by atoms with van der Waals surface area (Å²) in [5.41, 5.74) is 2.86. The van der Waals surface area contributed by atoms with Crippen LogP contribution in [0.1, 0.15) is 51.7 Å². The van der Waals surface area contributed by atoms with Crippen molar-refractivity contribution in [2.75, 3.05) is 0 Å². The van der Waals surface area contributed by atoms with Crippen LogP contribution in [0.5, 0.6) is 0 Å². The SMILES string of the molecule is CC(C)CCc1[c]ccc(CCC(C)C)c1. The molecule has 89 valence electrons. The van der Waals surface area contributed by atoms with E-state index in [2.05, 4.69) is 52.0 Å². The average Bonchev–Trinajstić information content (AvgIpc) is 2.24. The van der Waals surface area contributed by atoms with Crippen LogP contribution in [0, 0.1) is 17.9 Å². The topological polar surface area (TPSA) is 0 Å². The van der Waals surface area contributed by atoms with Gasteiger partial charge in [0.05, 0.1) is 0 Å². The molecule has 0 fully saturated rings. The van der Waals surface area contributed by atoms with Crippen molar-refractivity contribution in [3.63, 3.8) is 0 Å². The highest BCUT2D eigenvalue weighted by molar-refractivity contribution is 5.22. The predicted octanol–water partition coefficient (Wildman–Crippen LogP) is 4.66. The molecule has 0 saturated heterocycles.